The Kier molecular flexibility index (Phi) is 2.27. The Morgan fingerprint density at radius 3 is 2.15 bits per heavy atom. The van der Waals surface area contributed by atoms with Crippen LogP contribution in [0.3, 0.4) is 0 Å². The van der Waals surface area contributed by atoms with Crippen molar-refractivity contribution in [3.05, 3.63) is 72.3 Å². The molecule has 0 unspecified atom stereocenters. The van der Waals surface area contributed by atoms with Gasteiger partial charge in [0.25, 0.3) is 0 Å². The number of halogens is 2. The van der Waals surface area contributed by atoms with Gasteiger partial charge in [0.2, 0.25) is 0 Å². The molecule has 20 heavy (non-hydrogen) atoms. The van der Waals surface area contributed by atoms with Crippen molar-refractivity contribution in [2.75, 3.05) is 0 Å². The van der Waals surface area contributed by atoms with E-state index in [2.05, 4.69) is 0 Å². The predicted molar refractivity (Wildman–Crippen MR) is 78.9 cm³/mol. The average Bonchev–Trinajstić information content (AvgIpc) is 2.46. The molecule has 4 aromatic carbocycles. The highest BCUT2D eigenvalue weighted by molar-refractivity contribution is 6.20. The third kappa shape index (κ3) is 1.51. The minimum Gasteiger partial charge on any atom is -0.207 e. The van der Waals surface area contributed by atoms with Crippen LogP contribution in [-0.2, 0) is 0 Å². The maximum Gasteiger partial charge on any atom is 0.134 e. The normalized spacial score (nSPS) is 11.5. The number of rotatable bonds is 0. The van der Waals surface area contributed by atoms with Crippen LogP contribution in [-0.4, -0.2) is 0 Å². The Bertz CT molecular complexity index is 971. The van der Waals surface area contributed by atoms with Gasteiger partial charge in [0.15, 0.2) is 0 Å². The maximum absolute atomic E-state index is 14.3. The number of hydrogen-bond donors (Lipinski definition) is 0. The quantitative estimate of drug-likeness (QED) is 0.372. The monoisotopic (exact) mass is 264 g/mol. The first-order chi connectivity index (χ1) is 9.74. The third-order valence-electron chi connectivity index (χ3n) is 3.74. The fourth-order valence-corrected chi connectivity index (χ4v) is 2.87. The van der Waals surface area contributed by atoms with Crippen molar-refractivity contribution in [3.63, 3.8) is 0 Å². The fraction of sp³-hybridized carbons (Fsp3) is 0. The van der Waals surface area contributed by atoms with Crippen molar-refractivity contribution in [1.29, 1.82) is 0 Å². The first-order valence-corrected chi connectivity index (χ1v) is 6.43. The van der Waals surface area contributed by atoms with Gasteiger partial charge in [-0.25, -0.2) is 8.78 Å². The SMILES string of the molecule is Fc1cc(F)c2c(ccc3ccc4ccccc4c32)c1. The summed E-state index contributed by atoms with van der Waals surface area (Å²) in [5, 5.41) is 4.92. The molecule has 0 aliphatic heterocycles. The number of hydrogen-bond acceptors (Lipinski definition) is 0. The van der Waals surface area contributed by atoms with Crippen LogP contribution in [0.4, 0.5) is 8.78 Å². The lowest BCUT2D eigenvalue weighted by atomic mass is 9.96. The van der Waals surface area contributed by atoms with Crippen LogP contribution in [0.2, 0.25) is 0 Å². The lowest BCUT2D eigenvalue weighted by Crippen LogP contribution is -1.87. The summed E-state index contributed by atoms with van der Waals surface area (Å²) in [5.74, 6) is -1.06. The first kappa shape index (κ1) is 11.4. The molecule has 0 amide bonds. The molecule has 0 saturated heterocycles. The fourth-order valence-electron chi connectivity index (χ4n) is 2.87. The summed E-state index contributed by atoms with van der Waals surface area (Å²) in [4.78, 5) is 0. The summed E-state index contributed by atoms with van der Waals surface area (Å²) in [7, 11) is 0. The smallest absolute Gasteiger partial charge is 0.134 e. The molecule has 4 aromatic rings. The second-order valence-electron chi connectivity index (χ2n) is 4.94. The summed E-state index contributed by atoms with van der Waals surface area (Å²) < 4.78 is 27.6. The van der Waals surface area contributed by atoms with Gasteiger partial charge in [-0.2, -0.15) is 0 Å². The van der Waals surface area contributed by atoms with Crippen LogP contribution in [0, 0.1) is 11.6 Å². The molecule has 4 rings (SSSR count). The van der Waals surface area contributed by atoms with E-state index in [-0.39, 0.29) is 0 Å². The maximum atomic E-state index is 14.3. The Morgan fingerprint density at radius 1 is 0.600 bits per heavy atom. The summed E-state index contributed by atoms with van der Waals surface area (Å²) in [6, 6.07) is 17.8. The van der Waals surface area contributed by atoms with E-state index in [1.54, 1.807) is 6.07 Å². The number of fused-ring (bicyclic) bond motifs is 5. The second kappa shape index (κ2) is 4.01. The lowest BCUT2D eigenvalue weighted by Gasteiger charge is -2.09. The van der Waals surface area contributed by atoms with Gasteiger partial charge in [-0.1, -0.05) is 48.5 Å². The minimum atomic E-state index is -0.547. The molecule has 0 nitrogen and oxygen atoms in total. The molecule has 0 aliphatic rings. The zero-order chi connectivity index (χ0) is 13.7. The van der Waals surface area contributed by atoms with Crippen molar-refractivity contribution in [1.82, 2.24) is 0 Å². The molecular formula is C18H10F2. The van der Waals surface area contributed by atoms with Crippen molar-refractivity contribution in [3.8, 4) is 0 Å². The molecule has 0 aromatic heterocycles. The van der Waals surface area contributed by atoms with Gasteiger partial charge in [-0.15, -0.1) is 0 Å². The molecule has 0 fully saturated rings. The van der Waals surface area contributed by atoms with Crippen molar-refractivity contribution >= 4 is 32.3 Å². The van der Waals surface area contributed by atoms with E-state index in [9.17, 15) is 8.78 Å². The van der Waals surface area contributed by atoms with Crippen LogP contribution in [0.1, 0.15) is 0 Å². The Morgan fingerprint density at radius 2 is 1.30 bits per heavy atom. The zero-order valence-electron chi connectivity index (χ0n) is 10.5. The van der Waals surface area contributed by atoms with Gasteiger partial charge < -0.3 is 0 Å². The lowest BCUT2D eigenvalue weighted by molar-refractivity contribution is 0.592. The molecule has 0 saturated carbocycles. The molecular weight excluding hydrogens is 254 g/mol. The van der Waals surface area contributed by atoms with E-state index in [1.165, 1.54) is 6.07 Å². The van der Waals surface area contributed by atoms with E-state index in [0.717, 1.165) is 27.6 Å². The van der Waals surface area contributed by atoms with E-state index < -0.39 is 11.6 Å². The predicted octanol–water partition coefficient (Wildman–Crippen LogP) is 5.42. The van der Waals surface area contributed by atoms with Crippen molar-refractivity contribution < 1.29 is 8.78 Å². The molecule has 0 bridgehead atoms. The largest absolute Gasteiger partial charge is 0.207 e. The average molecular weight is 264 g/mol. The standard InChI is InChI=1S/C18H10F2/c19-14-9-13-8-7-12-6-5-11-3-1-2-4-15(11)17(12)18(13)16(20)10-14/h1-10H. The molecule has 0 aliphatic carbocycles. The van der Waals surface area contributed by atoms with E-state index >= 15 is 0 Å². The van der Waals surface area contributed by atoms with E-state index in [0.29, 0.717) is 10.8 Å². The van der Waals surface area contributed by atoms with Crippen LogP contribution in [0.15, 0.2) is 60.7 Å². The Labute approximate surface area is 114 Å². The number of benzene rings is 4. The van der Waals surface area contributed by atoms with Crippen LogP contribution < -0.4 is 0 Å². The molecule has 0 atom stereocenters. The summed E-state index contributed by atoms with van der Waals surface area (Å²) in [5.41, 5.74) is 0. The topological polar surface area (TPSA) is 0 Å². The first-order valence-electron chi connectivity index (χ1n) is 6.43. The van der Waals surface area contributed by atoms with Crippen molar-refractivity contribution in [2.24, 2.45) is 0 Å². The summed E-state index contributed by atoms with van der Waals surface area (Å²) in [6.45, 7) is 0. The highest BCUT2D eigenvalue weighted by Gasteiger charge is 2.10. The minimum absolute atomic E-state index is 0.487. The molecule has 0 radical (unpaired) electrons. The van der Waals surface area contributed by atoms with Gasteiger partial charge in [-0.3, -0.25) is 0 Å². The van der Waals surface area contributed by atoms with Crippen LogP contribution in [0.25, 0.3) is 32.3 Å². The van der Waals surface area contributed by atoms with Crippen molar-refractivity contribution in [2.45, 2.75) is 0 Å². The van der Waals surface area contributed by atoms with Gasteiger partial charge in [0.1, 0.15) is 11.6 Å². The Balaban J connectivity index is 2.37. The molecule has 0 heterocycles. The molecule has 0 spiro atoms. The zero-order valence-corrected chi connectivity index (χ0v) is 10.5. The van der Waals surface area contributed by atoms with Crippen LogP contribution >= 0.6 is 0 Å². The second-order valence-corrected chi connectivity index (χ2v) is 4.94. The molecule has 0 N–H and O–H groups in total. The molecule has 2 heteroatoms. The summed E-state index contributed by atoms with van der Waals surface area (Å²) in [6.07, 6.45) is 0. The van der Waals surface area contributed by atoms with Gasteiger partial charge in [-0.05, 0) is 27.6 Å². The van der Waals surface area contributed by atoms with Gasteiger partial charge >= 0.3 is 0 Å². The highest BCUT2D eigenvalue weighted by Crippen LogP contribution is 2.33. The third-order valence-corrected chi connectivity index (χ3v) is 3.74. The van der Waals surface area contributed by atoms with E-state index in [4.69, 9.17) is 0 Å². The highest BCUT2D eigenvalue weighted by atomic mass is 19.1. The Hall–Kier alpha value is -2.48. The van der Waals surface area contributed by atoms with Gasteiger partial charge in [0, 0.05) is 16.8 Å². The molecule has 96 valence electrons. The van der Waals surface area contributed by atoms with Crippen LogP contribution in [0.5, 0.6) is 0 Å². The summed E-state index contributed by atoms with van der Waals surface area (Å²) >= 11 is 0. The van der Waals surface area contributed by atoms with Gasteiger partial charge in [0.05, 0.1) is 0 Å². The van der Waals surface area contributed by atoms with E-state index in [1.807, 2.05) is 42.5 Å².